The van der Waals surface area contributed by atoms with Gasteiger partial charge in [0.1, 0.15) is 24.2 Å². The summed E-state index contributed by atoms with van der Waals surface area (Å²) in [7, 11) is 1.00. The van der Waals surface area contributed by atoms with Crippen LogP contribution in [0.5, 0.6) is 0 Å². The molecule has 1 saturated heterocycles. The highest BCUT2D eigenvalue weighted by molar-refractivity contribution is 7.96. The van der Waals surface area contributed by atoms with Crippen LogP contribution in [0, 0.1) is 22.7 Å². The lowest BCUT2D eigenvalue weighted by Crippen LogP contribution is -2.44. The third-order valence-electron chi connectivity index (χ3n) is 8.35. The van der Waals surface area contributed by atoms with Gasteiger partial charge in [0.05, 0.1) is 61.3 Å². The second-order valence-electron chi connectivity index (χ2n) is 12.9. The van der Waals surface area contributed by atoms with Crippen LogP contribution in [-0.2, 0) is 21.3 Å². The fourth-order valence-corrected chi connectivity index (χ4v) is 6.08. The minimum atomic E-state index is -1.06. The van der Waals surface area contributed by atoms with Gasteiger partial charge in [0.2, 0.25) is 11.8 Å². The van der Waals surface area contributed by atoms with Crippen LogP contribution in [-0.4, -0.2) is 76.8 Å². The van der Waals surface area contributed by atoms with Gasteiger partial charge < -0.3 is 35.3 Å². The molecule has 4 atom stereocenters. The molecule has 0 aliphatic carbocycles. The number of rotatable bonds is 12. The van der Waals surface area contributed by atoms with Crippen LogP contribution in [0.4, 0.5) is 11.4 Å². The van der Waals surface area contributed by atoms with Gasteiger partial charge in [0, 0.05) is 24.3 Å². The van der Waals surface area contributed by atoms with Crippen molar-refractivity contribution in [2.75, 3.05) is 37.1 Å². The van der Waals surface area contributed by atoms with Gasteiger partial charge >= 0.3 is 0 Å². The largest absolute Gasteiger partial charge is 0.418 e. The first-order chi connectivity index (χ1) is 29.3. The van der Waals surface area contributed by atoms with Gasteiger partial charge in [0.15, 0.2) is 5.78 Å². The smallest absolute Gasteiger partial charge is 0.251 e. The van der Waals surface area contributed by atoms with E-state index in [1.165, 1.54) is 31.9 Å². The number of anilines is 2. The summed E-state index contributed by atoms with van der Waals surface area (Å²) < 4.78 is 10.7. The molecule has 0 unspecified atom stereocenters. The first-order valence-electron chi connectivity index (χ1n) is 18.5. The molecule has 1 amide bonds. The van der Waals surface area contributed by atoms with Crippen molar-refractivity contribution in [3.63, 3.8) is 0 Å². The van der Waals surface area contributed by atoms with E-state index in [0.29, 0.717) is 22.8 Å². The Morgan fingerprint density at radius 1 is 0.787 bits per heavy atom. The summed E-state index contributed by atoms with van der Waals surface area (Å²) in [6.07, 6.45) is 0.640. The number of Topliss-reactive ketones (excluding diaryl/α,β-unsaturated/α-hetero) is 1. The van der Waals surface area contributed by atoms with E-state index >= 15 is 0 Å². The van der Waals surface area contributed by atoms with Crippen LogP contribution in [0.3, 0.4) is 0 Å². The highest BCUT2D eigenvalue weighted by Crippen LogP contribution is 2.36. The molecule has 5 N–H and O–H groups in total. The van der Waals surface area contributed by atoms with Crippen molar-refractivity contribution in [3.8, 4) is 23.6 Å². The molecular formula is C42H42Cl4N7O6PS. The van der Waals surface area contributed by atoms with Crippen molar-refractivity contribution in [2.24, 2.45) is 0 Å². The molecule has 1 aliphatic rings. The highest BCUT2D eigenvalue weighted by Gasteiger charge is 2.27. The number of benzene rings is 4. The fraction of sp³-hybridized carbons (Fsp3) is 0.286. The maximum Gasteiger partial charge on any atom is 0.251 e. The number of nitrogens with zero attached hydrogens (tertiary/aromatic N) is 4. The summed E-state index contributed by atoms with van der Waals surface area (Å²) in [5, 5.41) is 55.0. The van der Waals surface area contributed by atoms with Crippen molar-refractivity contribution in [3.05, 3.63) is 128 Å². The first kappa shape index (κ1) is 50.7. The van der Waals surface area contributed by atoms with Crippen molar-refractivity contribution in [1.82, 2.24) is 15.5 Å². The number of carbonyl (C=O) groups is 2. The van der Waals surface area contributed by atoms with Crippen molar-refractivity contribution < 1.29 is 29.0 Å². The molecule has 2 heterocycles. The molecule has 61 heavy (non-hydrogen) atoms. The standard InChI is InChI=1S/C19H17Cl2N3O3.C18H14Cl2N4O2.C4H8O.CH3PS/c1-11(25)18(24-14-8-7-13(9-22)16(20)17(14)21)15(26)10-23-19(27)12-5-3-2-4-6-12;1-10(25)16(22-13-8-7-12(9-21)14(19)15(13)20)18-24-23-17(26-18)11-5-3-2-4-6-11;1-2-4-5-3-1;1-2-3/h2-8,11,18,24-25H,10H2,1H3,(H,23,27);2-8,10,16,22,25H,1H3;1-4H2;1H3/t11-,18+;10-,16+;;/m00../s1. The average Bonchev–Trinajstić information content (AvgIpc) is 4.02. The number of carbonyl (C=O) groups excluding carboxylic acids is 2. The number of hydrogen-bond donors (Lipinski definition) is 5. The number of halogens is 4. The van der Waals surface area contributed by atoms with E-state index in [9.17, 15) is 19.8 Å². The molecule has 0 saturated carbocycles. The van der Waals surface area contributed by atoms with E-state index < -0.39 is 36.0 Å². The minimum absolute atomic E-state index is 0.0540. The number of nitriles is 2. The summed E-state index contributed by atoms with van der Waals surface area (Å²) in [5.41, 5.74) is 2.40. The topological polar surface area (TPSA) is 206 Å². The Balaban J connectivity index is 0.000000275. The quantitative estimate of drug-likeness (QED) is 0.0741. The van der Waals surface area contributed by atoms with Gasteiger partial charge in [-0.3, -0.25) is 9.59 Å². The molecular weight excluding hydrogens is 903 g/mol. The number of amides is 1. The van der Waals surface area contributed by atoms with E-state index in [-0.39, 0.29) is 43.7 Å². The maximum atomic E-state index is 12.5. The predicted molar refractivity (Wildman–Crippen MR) is 243 cm³/mol. The molecule has 13 nitrogen and oxygen atoms in total. The summed E-state index contributed by atoms with van der Waals surface area (Å²) in [5.74, 6) is -0.286. The zero-order valence-electron chi connectivity index (χ0n) is 33.1. The molecule has 4 aromatic carbocycles. The second-order valence-corrected chi connectivity index (χ2v) is 15.8. The van der Waals surface area contributed by atoms with Gasteiger partial charge in [-0.05, 0) is 89.2 Å². The van der Waals surface area contributed by atoms with Crippen LogP contribution in [0.15, 0.2) is 89.3 Å². The summed E-state index contributed by atoms with van der Waals surface area (Å²) in [4.78, 5) is 24.5. The summed E-state index contributed by atoms with van der Waals surface area (Å²) >= 11 is 28.8. The lowest BCUT2D eigenvalue weighted by atomic mass is 10.1. The molecule has 19 heteroatoms. The Labute approximate surface area is 380 Å². The van der Waals surface area contributed by atoms with Gasteiger partial charge in [-0.1, -0.05) is 94.6 Å². The molecule has 6 rings (SSSR count). The van der Waals surface area contributed by atoms with Gasteiger partial charge in [-0.15, -0.1) is 10.2 Å². The Morgan fingerprint density at radius 2 is 1.30 bits per heavy atom. The monoisotopic (exact) mass is 943 g/mol. The third-order valence-corrected chi connectivity index (χ3v) is 10.1. The van der Waals surface area contributed by atoms with Crippen LogP contribution >= 0.6 is 53.8 Å². The maximum absolute atomic E-state index is 12.5. The number of aliphatic hydroxyl groups is 2. The molecule has 320 valence electrons. The number of hydrogen-bond acceptors (Lipinski definition) is 13. The number of nitrogens with one attached hydrogen (secondary N) is 3. The molecule has 1 aromatic heterocycles. The number of ketones is 1. The van der Waals surface area contributed by atoms with Gasteiger partial charge in [-0.25, -0.2) is 0 Å². The fourth-order valence-electron chi connectivity index (χ4n) is 5.23. The molecule has 0 spiro atoms. The van der Waals surface area contributed by atoms with Crippen molar-refractivity contribution in [2.45, 2.75) is 51.0 Å². The number of ether oxygens (including phenoxy) is 1. The number of aromatic nitrogens is 2. The average molecular weight is 946 g/mol. The van der Waals surface area contributed by atoms with Crippen LogP contribution in [0.25, 0.3) is 11.5 Å². The van der Waals surface area contributed by atoms with Crippen molar-refractivity contribution in [1.29, 1.82) is 10.5 Å². The molecule has 0 radical (unpaired) electrons. The Kier molecular flexibility index (Phi) is 22.1. The van der Waals surface area contributed by atoms with E-state index in [0.717, 1.165) is 26.1 Å². The molecule has 1 aliphatic heterocycles. The highest BCUT2D eigenvalue weighted by atomic mass is 35.5. The predicted octanol–water partition coefficient (Wildman–Crippen LogP) is 9.30. The second kappa shape index (κ2) is 26.6. The number of aliphatic hydroxyl groups excluding tert-OH is 2. The Bertz CT molecular complexity index is 2280. The zero-order valence-corrected chi connectivity index (χ0v) is 37.8. The zero-order chi connectivity index (χ0) is 44.9. The van der Waals surface area contributed by atoms with Crippen molar-refractivity contribution >= 4 is 88.6 Å². The van der Waals surface area contributed by atoms with E-state index in [2.05, 4.69) is 38.0 Å². The van der Waals surface area contributed by atoms with Crippen LogP contribution in [0.1, 0.15) is 60.1 Å². The third kappa shape index (κ3) is 15.6. The molecule has 5 aromatic rings. The van der Waals surface area contributed by atoms with Gasteiger partial charge in [-0.2, -0.15) is 10.5 Å². The van der Waals surface area contributed by atoms with E-state index in [1.807, 2.05) is 49.1 Å². The van der Waals surface area contributed by atoms with Crippen LogP contribution < -0.4 is 16.0 Å². The Morgan fingerprint density at radius 3 is 1.75 bits per heavy atom. The Hall–Kier alpha value is -4.70. The summed E-state index contributed by atoms with van der Waals surface area (Å²) in [6, 6.07) is 26.0. The van der Waals surface area contributed by atoms with E-state index in [1.54, 1.807) is 49.4 Å². The lowest BCUT2D eigenvalue weighted by Gasteiger charge is -2.22. The first-order valence-corrected chi connectivity index (χ1v) is 22.3. The minimum Gasteiger partial charge on any atom is -0.418 e. The molecule has 1 fully saturated rings. The molecule has 0 bridgehead atoms. The lowest BCUT2D eigenvalue weighted by molar-refractivity contribution is -0.120. The summed E-state index contributed by atoms with van der Waals surface area (Å²) in [6.45, 7) is 6.66. The van der Waals surface area contributed by atoms with Crippen LogP contribution in [0.2, 0.25) is 20.1 Å². The van der Waals surface area contributed by atoms with Gasteiger partial charge in [0.25, 0.3) is 5.91 Å². The van der Waals surface area contributed by atoms with E-state index in [4.69, 9.17) is 66.1 Å². The normalized spacial score (nSPS) is 13.4. The SMILES string of the molecule is C1CCOC1.CP=S.C[C@H](O)[C@@H](Nc1ccc(C#N)c(Cl)c1Cl)C(=O)CNC(=O)c1ccccc1.C[C@H](O)[C@@H](Nc1ccc(C#N)c(Cl)c1Cl)c1nnc(-c2ccccc2)o1.